The molecule has 0 aliphatic carbocycles. The zero-order valence-electron chi connectivity index (χ0n) is 10.0. The van der Waals surface area contributed by atoms with E-state index in [4.69, 9.17) is 9.47 Å². The number of rotatable bonds is 6. The van der Waals surface area contributed by atoms with Crippen molar-refractivity contribution in [3.8, 4) is 6.01 Å². The summed E-state index contributed by atoms with van der Waals surface area (Å²) >= 11 is 0. The Morgan fingerprint density at radius 1 is 1.29 bits per heavy atom. The van der Waals surface area contributed by atoms with E-state index in [2.05, 4.69) is 9.97 Å². The number of carbonyl (C=O) groups is 1. The summed E-state index contributed by atoms with van der Waals surface area (Å²) in [5.41, 5.74) is 0.817. The first-order valence-corrected chi connectivity index (χ1v) is 5.53. The van der Waals surface area contributed by atoms with Crippen LogP contribution >= 0.6 is 0 Å². The van der Waals surface area contributed by atoms with Crippen LogP contribution in [0.25, 0.3) is 6.08 Å². The summed E-state index contributed by atoms with van der Waals surface area (Å²) in [5.74, 6) is -0.240. The van der Waals surface area contributed by atoms with Crippen molar-refractivity contribution in [3.05, 3.63) is 24.0 Å². The molecule has 0 atom stereocenters. The fraction of sp³-hybridized carbons (Fsp3) is 0.417. The maximum Gasteiger partial charge on any atom is 0.316 e. The fourth-order valence-corrected chi connectivity index (χ4v) is 1.13. The van der Waals surface area contributed by atoms with Gasteiger partial charge in [-0.3, -0.25) is 4.79 Å². The van der Waals surface area contributed by atoms with E-state index in [9.17, 15) is 4.79 Å². The summed E-state index contributed by atoms with van der Waals surface area (Å²) < 4.78 is 9.90. The molecule has 0 radical (unpaired) electrons. The second-order valence-electron chi connectivity index (χ2n) is 3.14. The maximum absolute atomic E-state index is 11.0. The molecule has 1 aromatic heterocycles. The Kier molecular flexibility index (Phi) is 5.71. The van der Waals surface area contributed by atoms with Crippen LogP contribution in [0.5, 0.6) is 6.01 Å². The van der Waals surface area contributed by atoms with Gasteiger partial charge in [0.25, 0.3) is 0 Å². The first-order chi connectivity index (χ1) is 8.26. The van der Waals surface area contributed by atoms with E-state index in [1.54, 1.807) is 31.5 Å². The molecule has 5 nitrogen and oxygen atoms in total. The van der Waals surface area contributed by atoms with Gasteiger partial charge in [0.2, 0.25) is 0 Å². The summed E-state index contributed by atoms with van der Waals surface area (Å²) in [4.78, 5) is 19.1. The standard InChI is InChI=1S/C12H16N2O3/c1-3-16-11(15)7-5-6-10-8-13-12(14-9-10)17-4-2/h5-6,8-9H,3-4,7H2,1-2H3. The van der Waals surface area contributed by atoms with E-state index in [0.29, 0.717) is 19.2 Å². The predicted octanol–water partition coefficient (Wildman–Crippen LogP) is 1.84. The first kappa shape index (κ1) is 13.2. The molecule has 0 unspecified atom stereocenters. The van der Waals surface area contributed by atoms with Gasteiger partial charge in [-0.25, -0.2) is 9.97 Å². The second kappa shape index (κ2) is 7.38. The van der Waals surface area contributed by atoms with Crippen molar-refractivity contribution in [2.75, 3.05) is 13.2 Å². The lowest BCUT2D eigenvalue weighted by Crippen LogP contribution is -2.01. The number of carbonyl (C=O) groups excluding carboxylic acids is 1. The molecule has 0 amide bonds. The number of ether oxygens (including phenoxy) is 2. The van der Waals surface area contributed by atoms with Crippen molar-refractivity contribution in [2.45, 2.75) is 20.3 Å². The molecule has 0 bridgehead atoms. The molecule has 0 fully saturated rings. The summed E-state index contributed by atoms with van der Waals surface area (Å²) in [6, 6.07) is 0.357. The largest absolute Gasteiger partial charge is 0.466 e. The van der Waals surface area contributed by atoms with Crippen LogP contribution in [0.1, 0.15) is 25.8 Å². The van der Waals surface area contributed by atoms with Crippen molar-refractivity contribution in [2.24, 2.45) is 0 Å². The van der Waals surface area contributed by atoms with Crippen LogP contribution < -0.4 is 4.74 Å². The van der Waals surface area contributed by atoms with Gasteiger partial charge in [0.15, 0.2) is 0 Å². The molecule has 0 N–H and O–H groups in total. The maximum atomic E-state index is 11.0. The molecule has 0 aliphatic heterocycles. The Labute approximate surface area is 100 Å². The van der Waals surface area contributed by atoms with Crippen LogP contribution in [0.2, 0.25) is 0 Å². The normalized spacial score (nSPS) is 10.5. The van der Waals surface area contributed by atoms with Crippen LogP contribution in [0.15, 0.2) is 18.5 Å². The molecule has 92 valence electrons. The molecule has 5 heteroatoms. The lowest BCUT2D eigenvalue weighted by atomic mass is 10.3. The minimum atomic E-state index is -0.240. The van der Waals surface area contributed by atoms with Crippen molar-refractivity contribution in [3.63, 3.8) is 0 Å². The van der Waals surface area contributed by atoms with E-state index in [0.717, 1.165) is 5.56 Å². The highest BCUT2D eigenvalue weighted by Crippen LogP contribution is 2.04. The Morgan fingerprint density at radius 2 is 2.00 bits per heavy atom. The third-order valence-electron chi connectivity index (χ3n) is 1.82. The first-order valence-electron chi connectivity index (χ1n) is 5.53. The van der Waals surface area contributed by atoms with E-state index >= 15 is 0 Å². The van der Waals surface area contributed by atoms with Gasteiger partial charge in [0, 0.05) is 18.0 Å². The van der Waals surface area contributed by atoms with Crippen LogP contribution in [0.3, 0.4) is 0 Å². The molecule has 0 aliphatic rings. The van der Waals surface area contributed by atoms with E-state index in [1.165, 1.54) is 0 Å². The highest BCUT2D eigenvalue weighted by atomic mass is 16.5. The fourth-order valence-electron chi connectivity index (χ4n) is 1.13. The Bertz CT molecular complexity index is 374. The summed E-state index contributed by atoms with van der Waals surface area (Å²) in [7, 11) is 0. The summed E-state index contributed by atoms with van der Waals surface area (Å²) in [6.45, 7) is 4.59. The number of esters is 1. The van der Waals surface area contributed by atoms with Crippen molar-refractivity contribution >= 4 is 12.0 Å². The quantitative estimate of drug-likeness (QED) is 0.705. The SMILES string of the molecule is CCOC(=O)CC=Cc1cnc(OCC)nc1. The van der Waals surface area contributed by atoms with Gasteiger partial charge in [-0.15, -0.1) is 0 Å². The van der Waals surface area contributed by atoms with Gasteiger partial charge in [-0.05, 0) is 13.8 Å². The topological polar surface area (TPSA) is 61.3 Å². The summed E-state index contributed by atoms with van der Waals surface area (Å²) in [5, 5.41) is 0. The van der Waals surface area contributed by atoms with Crippen LogP contribution in [0.4, 0.5) is 0 Å². The Balaban J connectivity index is 2.45. The van der Waals surface area contributed by atoms with Crippen LogP contribution in [-0.4, -0.2) is 29.2 Å². The van der Waals surface area contributed by atoms with Gasteiger partial charge in [-0.1, -0.05) is 12.2 Å². The third kappa shape index (κ3) is 5.10. The van der Waals surface area contributed by atoms with Gasteiger partial charge in [0.1, 0.15) is 0 Å². The average Bonchev–Trinajstić information content (AvgIpc) is 2.32. The lowest BCUT2D eigenvalue weighted by molar-refractivity contribution is -0.142. The number of hydrogen-bond acceptors (Lipinski definition) is 5. The lowest BCUT2D eigenvalue weighted by Gasteiger charge is -1.99. The number of aromatic nitrogens is 2. The van der Waals surface area contributed by atoms with E-state index < -0.39 is 0 Å². The molecule has 0 spiro atoms. The molecule has 1 rings (SSSR count). The highest BCUT2D eigenvalue weighted by molar-refractivity contribution is 5.72. The minimum Gasteiger partial charge on any atom is -0.466 e. The molecule has 1 heterocycles. The third-order valence-corrected chi connectivity index (χ3v) is 1.82. The number of nitrogens with zero attached hydrogens (tertiary/aromatic N) is 2. The zero-order chi connectivity index (χ0) is 12.5. The van der Waals surface area contributed by atoms with Crippen molar-refractivity contribution in [1.29, 1.82) is 0 Å². The van der Waals surface area contributed by atoms with Gasteiger partial charge >= 0.3 is 12.0 Å². The average molecular weight is 236 g/mol. The zero-order valence-corrected chi connectivity index (χ0v) is 10.0. The highest BCUT2D eigenvalue weighted by Gasteiger charge is 1.97. The number of hydrogen-bond donors (Lipinski definition) is 0. The van der Waals surface area contributed by atoms with Crippen molar-refractivity contribution in [1.82, 2.24) is 9.97 Å². The molecule has 0 saturated heterocycles. The van der Waals surface area contributed by atoms with Crippen LogP contribution in [0, 0.1) is 0 Å². The monoisotopic (exact) mass is 236 g/mol. The predicted molar refractivity (Wildman–Crippen MR) is 63.5 cm³/mol. The van der Waals surface area contributed by atoms with Gasteiger partial charge in [-0.2, -0.15) is 0 Å². The molecule has 0 aromatic carbocycles. The van der Waals surface area contributed by atoms with Crippen LogP contribution in [-0.2, 0) is 9.53 Å². The van der Waals surface area contributed by atoms with E-state index in [-0.39, 0.29) is 12.4 Å². The Morgan fingerprint density at radius 3 is 2.59 bits per heavy atom. The van der Waals surface area contributed by atoms with Crippen molar-refractivity contribution < 1.29 is 14.3 Å². The van der Waals surface area contributed by atoms with E-state index in [1.807, 2.05) is 6.92 Å². The molecule has 1 aromatic rings. The molecular formula is C12H16N2O3. The second-order valence-corrected chi connectivity index (χ2v) is 3.14. The van der Waals surface area contributed by atoms with Gasteiger partial charge in [0.05, 0.1) is 19.6 Å². The molecule has 0 saturated carbocycles. The minimum absolute atomic E-state index is 0.240. The molecule has 17 heavy (non-hydrogen) atoms. The Hall–Kier alpha value is -1.91. The summed E-state index contributed by atoms with van der Waals surface area (Å²) in [6.07, 6.45) is 7.02. The smallest absolute Gasteiger partial charge is 0.316 e. The molecular weight excluding hydrogens is 220 g/mol. The van der Waals surface area contributed by atoms with Gasteiger partial charge < -0.3 is 9.47 Å².